The highest BCUT2D eigenvalue weighted by Gasteiger charge is 2.10. The second-order valence-electron chi connectivity index (χ2n) is 4.09. The van der Waals surface area contributed by atoms with Crippen molar-refractivity contribution in [2.45, 2.75) is 26.9 Å². The molecular weight excluding hydrogens is 282 g/mol. The van der Waals surface area contributed by atoms with Crippen LogP contribution in [0.3, 0.4) is 0 Å². The van der Waals surface area contributed by atoms with Crippen molar-refractivity contribution in [1.29, 1.82) is 0 Å². The molecule has 17 heavy (non-hydrogen) atoms. The Morgan fingerprint density at radius 2 is 2.24 bits per heavy atom. The lowest BCUT2D eigenvalue weighted by molar-refractivity contribution is 0.474. The van der Waals surface area contributed by atoms with Gasteiger partial charge in [0.1, 0.15) is 5.76 Å². The monoisotopic (exact) mass is 297 g/mol. The number of hydrogen-bond donors (Lipinski definition) is 1. The highest BCUT2D eigenvalue weighted by atomic mass is 79.9. The fourth-order valence-corrected chi connectivity index (χ4v) is 2.07. The second kappa shape index (κ2) is 5.06. The average Bonchev–Trinajstić information content (AvgIpc) is 2.82. The van der Waals surface area contributed by atoms with E-state index in [-0.39, 0.29) is 0 Å². The summed E-state index contributed by atoms with van der Waals surface area (Å²) in [6.45, 7) is 5.52. The molecule has 1 N–H and O–H groups in total. The Labute approximate surface area is 109 Å². The van der Waals surface area contributed by atoms with Crippen molar-refractivity contribution < 1.29 is 4.42 Å². The molecule has 0 saturated heterocycles. The maximum atomic E-state index is 5.51. The summed E-state index contributed by atoms with van der Waals surface area (Å²) < 4.78 is 8.52. The number of aromatic nitrogens is 2. The third-order valence-electron chi connectivity index (χ3n) is 2.69. The minimum absolute atomic E-state index is 0.669. The van der Waals surface area contributed by atoms with Crippen LogP contribution in [0.5, 0.6) is 0 Å². The van der Waals surface area contributed by atoms with Gasteiger partial charge in [-0.1, -0.05) is 0 Å². The van der Waals surface area contributed by atoms with Crippen molar-refractivity contribution in [3.63, 3.8) is 0 Å². The zero-order valence-electron chi connectivity index (χ0n) is 10.2. The summed E-state index contributed by atoms with van der Waals surface area (Å²) in [7, 11) is 1.92. The largest absolute Gasteiger partial charge is 0.467 e. The molecule has 0 bridgehead atoms. The summed E-state index contributed by atoms with van der Waals surface area (Å²) in [4.78, 5) is 0. The van der Waals surface area contributed by atoms with E-state index in [1.165, 1.54) is 0 Å². The van der Waals surface area contributed by atoms with Crippen molar-refractivity contribution >= 4 is 15.9 Å². The van der Waals surface area contributed by atoms with Crippen molar-refractivity contribution in [2.75, 3.05) is 7.05 Å². The van der Waals surface area contributed by atoms with Crippen LogP contribution < -0.4 is 5.32 Å². The van der Waals surface area contributed by atoms with Gasteiger partial charge in [-0.05, 0) is 42.9 Å². The molecule has 0 spiro atoms. The first-order chi connectivity index (χ1) is 8.11. The number of aryl methyl sites for hydroxylation is 1. The van der Waals surface area contributed by atoms with Gasteiger partial charge in [0, 0.05) is 12.1 Å². The summed E-state index contributed by atoms with van der Waals surface area (Å²) in [6, 6.07) is 2.06. The molecule has 0 saturated carbocycles. The Kier molecular flexibility index (Phi) is 3.69. The van der Waals surface area contributed by atoms with E-state index in [0.29, 0.717) is 6.54 Å². The predicted octanol–water partition coefficient (Wildman–Crippen LogP) is 2.62. The van der Waals surface area contributed by atoms with Gasteiger partial charge in [0.15, 0.2) is 0 Å². The molecule has 0 aliphatic rings. The summed E-state index contributed by atoms with van der Waals surface area (Å²) in [6.07, 6.45) is 1.78. The molecule has 2 aromatic heterocycles. The summed E-state index contributed by atoms with van der Waals surface area (Å²) in [5, 5.41) is 7.55. The molecule has 2 rings (SSSR count). The first kappa shape index (κ1) is 12.4. The van der Waals surface area contributed by atoms with Crippen LogP contribution in [0.4, 0.5) is 0 Å². The van der Waals surface area contributed by atoms with E-state index >= 15 is 0 Å². The van der Waals surface area contributed by atoms with Crippen LogP contribution in [-0.4, -0.2) is 16.8 Å². The zero-order valence-corrected chi connectivity index (χ0v) is 11.8. The van der Waals surface area contributed by atoms with Gasteiger partial charge in [-0.3, -0.25) is 4.68 Å². The van der Waals surface area contributed by atoms with Crippen molar-refractivity contribution in [3.8, 4) is 0 Å². The van der Waals surface area contributed by atoms with Crippen LogP contribution in [0.1, 0.15) is 22.7 Å². The molecule has 0 unspecified atom stereocenters. The molecule has 0 aliphatic heterocycles. The van der Waals surface area contributed by atoms with Crippen LogP contribution in [0.25, 0.3) is 0 Å². The van der Waals surface area contributed by atoms with Gasteiger partial charge in [-0.25, -0.2) is 0 Å². The average molecular weight is 298 g/mol. The maximum Gasteiger partial charge on any atom is 0.125 e. The predicted molar refractivity (Wildman–Crippen MR) is 70.0 cm³/mol. The van der Waals surface area contributed by atoms with Gasteiger partial charge in [0.05, 0.1) is 28.7 Å². The number of rotatable bonds is 4. The standard InChI is InChI=1S/C12H16BrN3O/c1-8-12(13)9(2)16(15-8)6-11-4-10(5-14-3)7-17-11/h4,7,14H,5-6H2,1-3H3. The topological polar surface area (TPSA) is 43.0 Å². The molecule has 2 heterocycles. The molecule has 0 aliphatic carbocycles. The quantitative estimate of drug-likeness (QED) is 0.943. The number of nitrogens with one attached hydrogen (secondary N) is 1. The van der Waals surface area contributed by atoms with Gasteiger partial charge in [-0.15, -0.1) is 0 Å². The molecule has 0 amide bonds. The molecule has 92 valence electrons. The number of nitrogens with zero attached hydrogens (tertiary/aromatic N) is 2. The Morgan fingerprint density at radius 3 is 2.82 bits per heavy atom. The molecule has 5 heteroatoms. The molecular formula is C12H16BrN3O. The van der Waals surface area contributed by atoms with Crippen molar-refractivity contribution in [3.05, 3.63) is 39.5 Å². The Bertz CT molecular complexity index is 516. The van der Waals surface area contributed by atoms with E-state index in [4.69, 9.17) is 4.42 Å². The zero-order chi connectivity index (χ0) is 12.4. The van der Waals surface area contributed by atoms with Crippen LogP contribution in [0, 0.1) is 13.8 Å². The van der Waals surface area contributed by atoms with Crippen LogP contribution >= 0.6 is 15.9 Å². The molecule has 0 radical (unpaired) electrons. The molecule has 0 aromatic carbocycles. The van der Waals surface area contributed by atoms with E-state index in [1.807, 2.05) is 25.6 Å². The van der Waals surface area contributed by atoms with E-state index in [0.717, 1.165) is 33.7 Å². The minimum Gasteiger partial charge on any atom is -0.467 e. The van der Waals surface area contributed by atoms with Gasteiger partial charge >= 0.3 is 0 Å². The molecule has 0 atom stereocenters. The Hall–Kier alpha value is -1.07. The van der Waals surface area contributed by atoms with Gasteiger partial charge < -0.3 is 9.73 Å². The van der Waals surface area contributed by atoms with Gasteiger partial charge in [0.2, 0.25) is 0 Å². The SMILES string of the molecule is CNCc1coc(Cn2nc(C)c(Br)c2C)c1. The molecule has 4 nitrogen and oxygen atoms in total. The normalized spacial score (nSPS) is 11.1. The maximum absolute atomic E-state index is 5.51. The number of hydrogen-bond acceptors (Lipinski definition) is 3. The second-order valence-corrected chi connectivity index (χ2v) is 4.89. The van der Waals surface area contributed by atoms with Crippen molar-refractivity contribution in [1.82, 2.24) is 15.1 Å². The van der Waals surface area contributed by atoms with E-state index < -0.39 is 0 Å². The lowest BCUT2D eigenvalue weighted by Crippen LogP contribution is -2.04. The third kappa shape index (κ3) is 2.61. The van der Waals surface area contributed by atoms with E-state index in [2.05, 4.69) is 32.4 Å². The Morgan fingerprint density at radius 1 is 1.47 bits per heavy atom. The van der Waals surface area contributed by atoms with Crippen LogP contribution in [0.2, 0.25) is 0 Å². The summed E-state index contributed by atoms with van der Waals surface area (Å²) in [5.74, 6) is 0.924. The molecule has 2 aromatic rings. The highest BCUT2D eigenvalue weighted by Crippen LogP contribution is 2.21. The molecule has 0 fully saturated rings. The van der Waals surface area contributed by atoms with Crippen LogP contribution in [-0.2, 0) is 13.1 Å². The number of halogens is 1. The Balaban J connectivity index is 2.16. The fourth-order valence-electron chi connectivity index (χ4n) is 1.78. The van der Waals surface area contributed by atoms with Crippen LogP contribution in [0.15, 0.2) is 21.2 Å². The number of furan rings is 1. The lowest BCUT2D eigenvalue weighted by atomic mass is 10.3. The third-order valence-corrected chi connectivity index (χ3v) is 3.84. The van der Waals surface area contributed by atoms with Gasteiger partial charge in [-0.2, -0.15) is 5.10 Å². The lowest BCUT2D eigenvalue weighted by Gasteiger charge is -2.00. The first-order valence-electron chi connectivity index (χ1n) is 5.52. The van der Waals surface area contributed by atoms with E-state index in [1.54, 1.807) is 6.26 Å². The summed E-state index contributed by atoms with van der Waals surface area (Å²) in [5.41, 5.74) is 3.28. The van der Waals surface area contributed by atoms with Crippen molar-refractivity contribution in [2.24, 2.45) is 0 Å². The smallest absolute Gasteiger partial charge is 0.125 e. The van der Waals surface area contributed by atoms with E-state index in [9.17, 15) is 0 Å². The minimum atomic E-state index is 0.669. The highest BCUT2D eigenvalue weighted by molar-refractivity contribution is 9.10. The first-order valence-corrected chi connectivity index (χ1v) is 6.31. The fraction of sp³-hybridized carbons (Fsp3) is 0.417. The van der Waals surface area contributed by atoms with Gasteiger partial charge in [0.25, 0.3) is 0 Å². The summed E-state index contributed by atoms with van der Waals surface area (Å²) >= 11 is 3.52.